The summed E-state index contributed by atoms with van der Waals surface area (Å²) in [6.45, 7) is 1.50. The van der Waals surface area contributed by atoms with E-state index >= 15 is 0 Å². The highest BCUT2D eigenvalue weighted by molar-refractivity contribution is 7.62. The molecule has 5 aliphatic rings. The fourth-order valence-corrected chi connectivity index (χ4v) is 17.4. The average molecular weight is 464 g/mol. The van der Waals surface area contributed by atoms with E-state index < -0.39 is 0 Å². The summed E-state index contributed by atoms with van der Waals surface area (Å²) in [5.41, 5.74) is 4.52. The van der Waals surface area contributed by atoms with Crippen LogP contribution >= 0.6 is 16.0 Å². The van der Waals surface area contributed by atoms with Crippen LogP contribution in [0.3, 0.4) is 0 Å². The highest BCUT2D eigenvalue weighted by Crippen LogP contribution is 2.68. The molecule has 31 heavy (non-hydrogen) atoms. The van der Waals surface area contributed by atoms with Crippen molar-refractivity contribution in [2.75, 3.05) is 6.54 Å². The van der Waals surface area contributed by atoms with Gasteiger partial charge in [-0.05, 0) is 94.9 Å². The maximum absolute atomic E-state index is 3.36. The molecule has 1 heterocycles. The molecule has 0 radical (unpaired) electrons. The van der Waals surface area contributed by atoms with Crippen molar-refractivity contribution >= 4 is 16.0 Å². The molecule has 4 saturated carbocycles. The van der Waals surface area contributed by atoms with Gasteiger partial charge in [0.25, 0.3) is 0 Å². The monoisotopic (exact) mass is 463 g/mol. The quantitative estimate of drug-likeness (QED) is 0.354. The minimum atomic E-state index is 0.138. The van der Waals surface area contributed by atoms with Crippen molar-refractivity contribution in [3.63, 3.8) is 0 Å². The Morgan fingerprint density at radius 3 is 1.19 bits per heavy atom. The molecule has 0 bridgehead atoms. The van der Waals surface area contributed by atoms with Crippen molar-refractivity contribution in [3.8, 4) is 0 Å². The third-order valence-corrected chi connectivity index (χ3v) is 17.5. The SMILES string of the molecule is C1CCC(P(C2CCCCC2)C2CCCN2P(C2CCCCC2)C2CCCCC2)CC1. The van der Waals surface area contributed by atoms with E-state index in [4.69, 9.17) is 0 Å². The topological polar surface area (TPSA) is 3.24 Å². The zero-order valence-corrected chi connectivity index (χ0v) is 22.3. The van der Waals surface area contributed by atoms with Crippen LogP contribution in [0.1, 0.15) is 141 Å². The van der Waals surface area contributed by atoms with Crippen LogP contribution < -0.4 is 0 Å². The number of rotatable bonds is 6. The molecule has 0 aromatic heterocycles. The molecule has 0 aromatic rings. The summed E-state index contributed by atoms with van der Waals surface area (Å²) in [6, 6.07) is 0. The van der Waals surface area contributed by atoms with Gasteiger partial charge in [0.2, 0.25) is 0 Å². The van der Waals surface area contributed by atoms with Crippen LogP contribution in [0.25, 0.3) is 0 Å². The van der Waals surface area contributed by atoms with E-state index in [1.165, 1.54) is 32.2 Å². The molecule has 1 saturated heterocycles. The van der Waals surface area contributed by atoms with Gasteiger partial charge in [0.1, 0.15) is 0 Å². The molecular formula is C28H51NP2. The fourth-order valence-electron chi connectivity index (χ4n) is 8.26. The first-order valence-electron chi connectivity index (χ1n) is 14.7. The highest BCUT2D eigenvalue weighted by Gasteiger charge is 2.46. The smallest absolute Gasteiger partial charge is 0.0338 e. The first kappa shape index (κ1) is 23.6. The van der Waals surface area contributed by atoms with Crippen LogP contribution in [0.5, 0.6) is 0 Å². The predicted octanol–water partition coefficient (Wildman–Crippen LogP) is 9.62. The van der Waals surface area contributed by atoms with E-state index in [-0.39, 0.29) is 16.0 Å². The molecule has 0 amide bonds. The van der Waals surface area contributed by atoms with Gasteiger partial charge < -0.3 is 0 Å². The molecular weight excluding hydrogens is 412 g/mol. The normalized spacial score (nSPS) is 31.7. The molecule has 0 N–H and O–H groups in total. The second-order valence-corrected chi connectivity index (χ2v) is 17.5. The summed E-state index contributed by atoms with van der Waals surface area (Å²) in [7, 11) is 0.368. The Balaban J connectivity index is 1.40. The minimum Gasteiger partial charge on any atom is -0.274 e. The van der Waals surface area contributed by atoms with Crippen molar-refractivity contribution in [2.45, 2.75) is 170 Å². The second-order valence-electron chi connectivity index (χ2n) is 11.8. The Hall–Kier alpha value is 0.820. The Morgan fingerprint density at radius 2 is 0.774 bits per heavy atom. The molecule has 5 rings (SSSR count). The van der Waals surface area contributed by atoms with Gasteiger partial charge in [-0.25, -0.2) is 0 Å². The van der Waals surface area contributed by atoms with Gasteiger partial charge in [0.05, 0.1) is 0 Å². The van der Waals surface area contributed by atoms with Crippen LogP contribution in [0.15, 0.2) is 0 Å². The molecule has 0 spiro atoms. The minimum absolute atomic E-state index is 0.138. The number of hydrogen-bond donors (Lipinski definition) is 0. The Morgan fingerprint density at radius 1 is 0.387 bits per heavy atom. The largest absolute Gasteiger partial charge is 0.274 e. The standard InChI is InChI=1S/C28H51NP2/c1-5-14-24(15-6-1)30(25-16-7-2-8-17-25)28-22-13-23-29(28)31(26-18-9-3-10-19-26)27-20-11-4-12-21-27/h24-28H,1-23H2. The molecule has 0 aromatic carbocycles. The van der Waals surface area contributed by atoms with E-state index in [0.29, 0.717) is 0 Å². The maximum atomic E-state index is 3.36. The Bertz CT molecular complexity index is 433. The van der Waals surface area contributed by atoms with Crippen LogP contribution in [0.4, 0.5) is 0 Å². The van der Waals surface area contributed by atoms with Gasteiger partial charge in [-0.3, -0.25) is 4.67 Å². The lowest BCUT2D eigenvalue weighted by atomic mass is 9.99. The lowest BCUT2D eigenvalue weighted by molar-refractivity contribution is 0.427. The molecule has 3 heteroatoms. The molecule has 1 unspecified atom stereocenters. The van der Waals surface area contributed by atoms with Crippen molar-refractivity contribution in [3.05, 3.63) is 0 Å². The summed E-state index contributed by atoms with van der Waals surface area (Å²) < 4.78 is 3.36. The van der Waals surface area contributed by atoms with Crippen LogP contribution in [-0.2, 0) is 0 Å². The molecule has 178 valence electrons. The highest BCUT2D eigenvalue weighted by atomic mass is 31.1. The fraction of sp³-hybridized carbons (Fsp3) is 1.00. The van der Waals surface area contributed by atoms with Gasteiger partial charge in [0.15, 0.2) is 0 Å². The second kappa shape index (κ2) is 12.0. The summed E-state index contributed by atoms with van der Waals surface area (Å²) >= 11 is 0. The van der Waals surface area contributed by atoms with Gasteiger partial charge in [-0.15, -0.1) is 0 Å². The number of hydrogen-bond acceptors (Lipinski definition) is 1. The molecule has 1 nitrogen and oxygen atoms in total. The van der Waals surface area contributed by atoms with Gasteiger partial charge in [-0.1, -0.05) is 85.0 Å². The average Bonchev–Trinajstić information content (AvgIpc) is 3.31. The van der Waals surface area contributed by atoms with E-state index in [0.717, 1.165) is 28.4 Å². The zero-order chi connectivity index (χ0) is 20.9. The van der Waals surface area contributed by atoms with E-state index in [1.54, 1.807) is 116 Å². The number of nitrogens with zero attached hydrogens (tertiary/aromatic N) is 1. The Kier molecular flexibility index (Phi) is 9.11. The van der Waals surface area contributed by atoms with Crippen molar-refractivity contribution in [2.24, 2.45) is 0 Å². The predicted molar refractivity (Wildman–Crippen MR) is 141 cm³/mol. The third-order valence-electron chi connectivity index (χ3n) is 9.72. The van der Waals surface area contributed by atoms with Crippen molar-refractivity contribution < 1.29 is 0 Å². The molecule has 5 fully saturated rings. The molecule has 4 aliphatic carbocycles. The van der Waals surface area contributed by atoms with E-state index in [2.05, 4.69) is 4.67 Å². The summed E-state index contributed by atoms with van der Waals surface area (Å²) in [6.07, 6.45) is 34.5. The van der Waals surface area contributed by atoms with Crippen molar-refractivity contribution in [1.29, 1.82) is 0 Å². The Labute approximate surface area is 196 Å². The summed E-state index contributed by atoms with van der Waals surface area (Å²) in [4.78, 5) is 0. The van der Waals surface area contributed by atoms with Gasteiger partial charge in [0, 0.05) is 12.3 Å². The summed E-state index contributed by atoms with van der Waals surface area (Å²) in [5, 5.41) is 0. The van der Waals surface area contributed by atoms with Crippen LogP contribution in [-0.4, -0.2) is 39.6 Å². The van der Waals surface area contributed by atoms with E-state index in [9.17, 15) is 0 Å². The first-order valence-corrected chi connectivity index (χ1v) is 17.7. The van der Waals surface area contributed by atoms with Crippen LogP contribution in [0.2, 0.25) is 0 Å². The summed E-state index contributed by atoms with van der Waals surface area (Å²) in [5.74, 6) is 1.05. The van der Waals surface area contributed by atoms with E-state index in [1.807, 2.05) is 0 Å². The lowest BCUT2D eigenvalue weighted by Crippen LogP contribution is -2.37. The third kappa shape index (κ3) is 5.73. The maximum Gasteiger partial charge on any atom is 0.0338 e. The zero-order valence-electron chi connectivity index (χ0n) is 20.5. The van der Waals surface area contributed by atoms with Crippen molar-refractivity contribution in [1.82, 2.24) is 4.67 Å². The van der Waals surface area contributed by atoms with Gasteiger partial charge in [-0.2, -0.15) is 0 Å². The molecule has 1 aliphatic heterocycles. The molecule has 1 atom stereocenters. The lowest BCUT2D eigenvalue weighted by Gasteiger charge is -2.50. The first-order chi connectivity index (χ1) is 15.4. The van der Waals surface area contributed by atoms with Gasteiger partial charge >= 0.3 is 0 Å². The van der Waals surface area contributed by atoms with Crippen LogP contribution in [0, 0.1) is 0 Å².